The second-order valence-corrected chi connectivity index (χ2v) is 6.77. The molecule has 0 aliphatic carbocycles. The Morgan fingerprint density at radius 1 is 1.32 bits per heavy atom. The van der Waals surface area contributed by atoms with Gasteiger partial charge in [-0.3, -0.25) is 4.79 Å². The van der Waals surface area contributed by atoms with Crippen molar-refractivity contribution in [3.63, 3.8) is 0 Å². The molecule has 2 aromatic rings. The van der Waals surface area contributed by atoms with Gasteiger partial charge in [-0.1, -0.05) is 19.1 Å². The summed E-state index contributed by atoms with van der Waals surface area (Å²) in [6.07, 6.45) is 1.13. The van der Waals surface area contributed by atoms with E-state index in [-0.39, 0.29) is 17.9 Å². The van der Waals surface area contributed by atoms with Crippen LogP contribution in [0, 0.1) is 5.41 Å². The number of benzene rings is 1. The number of hydrogen-bond acceptors (Lipinski definition) is 4. The van der Waals surface area contributed by atoms with E-state index in [4.69, 9.17) is 0 Å². The molecule has 1 atom stereocenters. The Labute approximate surface area is 130 Å². The lowest BCUT2D eigenvalue weighted by molar-refractivity contribution is -0.132. The molecule has 0 N–H and O–H groups in total. The van der Waals surface area contributed by atoms with E-state index in [0.29, 0.717) is 0 Å². The van der Waals surface area contributed by atoms with Crippen LogP contribution >= 0.6 is 0 Å². The fourth-order valence-electron chi connectivity index (χ4n) is 3.28. The first kappa shape index (κ1) is 15.0. The topological polar surface area (TPSA) is 54.3 Å². The number of nitrogens with zero attached hydrogens (tertiary/aromatic N) is 5. The minimum Gasteiger partial charge on any atom is -0.343 e. The summed E-state index contributed by atoms with van der Waals surface area (Å²) < 4.78 is 0. The predicted octanol–water partition coefficient (Wildman–Crippen LogP) is 1.23. The summed E-state index contributed by atoms with van der Waals surface area (Å²) in [5.41, 5.74) is 1.83. The number of likely N-dealkylation sites (tertiary alicyclic amines) is 1. The zero-order valence-electron chi connectivity index (χ0n) is 13.5. The molecule has 0 radical (unpaired) electrons. The third kappa shape index (κ3) is 3.11. The van der Waals surface area contributed by atoms with Gasteiger partial charge in [0.1, 0.15) is 17.6 Å². The van der Waals surface area contributed by atoms with E-state index in [1.165, 1.54) is 4.80 Å². The van der Waals surface area contributed by atoms with E-state index in [1.54, 1.807) is 0 Å². The summed E-state index contributed by atoms with van der Waals surface area (Å²) in [4.78, 5) is 18.0. The molecule has 1 saturated heterocycles. The van der Waals surface area contributed by atoms with Crippen LogP contribution in [0.25, 0.3) is 11.0 Å². The number of fused-ring (bicyclic) bond motifs is 1. The molecule has 1 fully saturated rings. The lowest BCUT2D eigenvalue weighted by Gasteiger charge is -2.29. The molecule has 1 aromatic carbocycles. The monoisotopic (exact) mass is 301 g/mol. The molecule has 118 valence electrons. The highest BCUT2D eigenvalue weighted by atomic mass is 16.2. The lowest BCUT2D eigenvalue weighted by Crippen LogP contribution is -2.40. The van der Waals surface area contributed by atoms with Gasteiger partial charge >= 0.3 is 0 Å². The van der Waals surface area contributed by atoms with Gasteiger partial charge in [0.25, 0.3) is 0 Å². The first-order valence-corrected chi connectivity index (χ1v) is 7.68. The molecule has 2 heterocycles. The minimum atomic E-state index is 0.0519. The molecule has 1 amide bonds. The quantitative estimate of drug-likeness (QED) is 0.852. The van der Waals surface area contributed by atoms with E-state index < -0.39 is 0 Å². The average Bonchev–Trinajstić information content (AvgIpc) is 3.01. The van der Waals surface area contributed by atoms with Gasteiger partial charge in [-0.15, -0.1) is 0 Å². The van der Waals surface area contributed by atoms with Gasteiger partial charge in [0.05, 0.1) is 0 Å². The number of amides is 1. The fourth-order valence-corrected chi connectivity index (χ4v) is 3.28. The van der Waals surface area contributed by atoms with Crippen LogP contribution in [0.5, 0.6) is 0 Å². The highest BCUT2D eigenvalue weighted by Crippen LogP contribution is 2.29. The molecular weight excluding hydrogens is 278 g/mol. The Kier molecular flexibility index (Phi) is 3.87. The number of carbonyl (C=O) groups excluding carboxylic acids is 1. The standard InChI is InChI=1S/C16H23N5O/c1-16(8-9-19(2)11-16)12-20(3)15(22)10-21-17-13-6-4-5-7-14(13)18-21/h4-7H,8-12H2,1-3H3/t16-/m1/s1. The molecule has 6 nitrogen and oxygen atoms in total. The minimum absolute atomic E-state index is 0.0519. The highest BCUT2D eigenvalue weighted by Gasteiger charge is 2.34. The van der Waals surface area contributed by atoms with Crippen molar-refractivity contribution in [2.75, 3.05) is 33.7 Å². The van der Waals surface area contributed by atoms with Crippen molar-refractivity contribution in [1.29, 1.82) is 0 Å². The first-order chi connectivity index (χ1) is 10.5. The van der Waals surface area contributed by atoms with Crippen molar-refractivity contribution in [3.8, 4) is 0 Å². The van der Waals surface area contributed by atoms with Crippen LogP contribution in [0.4, 0.5) is 0 Å². The van der Waals surface area contributed by atoms with Gasteiger partial charge in [0.2, 0.25) is 5.91 Å². The predicted molar refractivity (Wildman–Crippen MR) is 85.4 cm³/mol. The van der Waals surface area contributed by atoms with Crippen LogP contribution < -0.4 is 0 Å². The maximum Gasteiger partial charge on any atom is 0.245 e. The number of carbonyl (C=O) groups is 1. The molecule has 22 heavy (non-hydrogen) atoms. The summed E-state index contributed by atoms with van der Waals surface area (Å²) in [7, 11) is 4.00. The van der Waals surface area contributed by atoms with E-state index in [9.17, 15) is 4.79 Å². The summed E-state index contributed by atoms with van der Waals surface area (Å²) in [6, 6.07) is 7.66. The first-order valence-electron chi connectivity index (χ1n) is 7.68. The van der Waals surface area contributed by atoms with Crippen LogP contribution in [-0.2, 0) is 11.3 Å². The number of rotatable bonds is 4. The maximum absolute atomic E-state index is 12.4. The smallest absolute Gasteiger partial charge is 0.245 e. The van der Waals surface area contributed by atoms with Gasteiger partial charge in [-0.2, -0.15) is 15.0 Å². The van der Waals surface area contributed by atoms with Gasteiger partial charge in [-0.05, 0) is 37.6 Å². The average molecular weight is 301 g/mol. The van der Waals surface area contributed by atoms with Crippen LogP contribution in [0.1, 0.15) is 13.3 Å². The maximum atomic E-state index is 12.4. The van der Waals surface area contributed by atoms with E-state index in [2.05, 4.69) is 29.1 Å². The normalized spacial score (nSPS) is 22.3. The van der Waals surface area contributed by atoms with Crippen molar-refractivity contribution in [2.45, 2.75) is 19.9 Å². The summed E-state index contributed by atoms with van der Waals surface area (Å²) in [6.45, 7) is 5.36. The highest BCUT2D eigenvalue weighted by molar-refractivity contribution is 5.77. The number of hydrogen-bond donors (Lipinski definition) is 0. The molecule has 0 unspecified atom stereocenters. The van der Waals surface area contributed by atoms with Crippen molar-refractivity contribution in [2.24, 2.45) is 5.41 Å². The molecule has 6 heteroatoms. The van der Waals surface area contributed by atoms with Crippen LogP contribution in [0.15, 0.2) is 24.3 Å². The molecular formula is C16H23N5O. The van der Waals surface area contributed by atoms with Gasteiger partial charge in [0.15, 0.2) is 0 Å². The molecule has 1 aromatic heterocycles. The van der Waals surface area contributed by atoms with Gasteiger partial charge < -0.3 is 9.80 Å². The molecule has 0 spiro atoms. The molecule has 1 aliphatic rings. The zero-order chi connectivity index (χ0) is 15.7. The molecule has 0 bridgehead atoms. The Hall–Kier alpha value is -1.95. The van der Waals surface area contributed by atoms with Gasteiger partial charge in [0, 0.05) is 20.1 Å². The zero-order valence-corrected chi connectivity index (χ0v) is 13.5. The van der Waals surface area contributed by atoms with Crippen LogP contribution in [0.2, 0.25) is 0 Å². The van der Waals surface area contributed by atoms with Crippen molar-refractivity contribution in [1.82, 2.24) is 24.8 Å². The SMILES string of the molecule is CN1CC[C@@](C)(CN(C)C(=O)Cn2nc3ccccc3n2)C1. The lowest BCUT2D eigenvalue weighted by atomic mass is 9.89. The van der Waals surface area contributed by atoms with E-state index in [0.717, 1.165) is 37.1 Å². The summed E-state index contributed by atoms with van der Waals surface area (Å²) in [5, 5.41) is 8.69. The Morgan fingerprint density at radius 3 is 2.50 bits per heavy atom. The Balaban J connectivity index is 1.63. The van der Waals surface area contributed by atoms with Crippen molar-refractivity contribution >= 4 is 16.9 Å². The number of aromatic nitrogens is 3. The molecule has 3 rings (SSSR count). The third-order valence-electron chi connectivity index (χ3n) is 4.40. The van der Waals surface area contributed by atoms with Crippen LogP contribution in [-0.4, -0.2) is 64.4 Å². The largest absolute Gasteiger partial charge is 0.343 e. The Morgan fingerprint density at radius 2 is 1.95 bits per heavy atom. The molecule has 1 aliphatic heterocycles. The fraction of sp³-hybridized carbons (Fsp3) is 0.562. The molecule has 0 saturated carbocycles. The van der Waals surface area contributed by atoms with Crippen molar-refractivity contribution in [3.05, 3.63) is 24.3 Å². The summed E-state index contributed by atoms with van der Waals surface area (Å²) in [5.74, 6) is 0.0519. The van der Waals surface area contributed by atoms with Crippen molar-refractivity contribution < 1.29 is 4.79 Å². The van der Waals surface area contributed by atoms with Gasteiger partial charge in [-0.25, -0.2) is 0 Å². The Bertz CT molecular complexity index is 649. The second kappa shape index (κ2) is 5.68. The van der Waals surface area contributed by atoms with E-state index >= 15 is 0 Å². The summed E-state index contributed by atoms with van der Waals surface area (Å²) >= 11 is 0. The van der Waals surface area contributed by atoms with Crippen LogP contribution in [0.3, 0.4) is 0 Å². The van der Waals surface area contributed by atoms with E-state index in [1.807, 2.05) is 36.2 Å². The third-order valence-corrected chi connectivity index (χ3v) is 4.40. The second-order valence-electron chi connectivity index (χ2n) is 6.77. The number of likely N-dealkylation sites (N-methyl/N-ethyl adjacent to an activating group) is 1.